The number of fused-ring (bicyclic) bond motifs is 6. The number of nitrogens with two attached hydrogens (primary N) is 1. The number of carbonyl (C=O) groups excluding carboxylic acids is 3. The van der Waals surface area contributed by atoms with Gasteiger partial charge >= 0.3 is 0 Å². The van der Waals surface area contributed by atoms with Gasteiger partial charge in [-0.05, 0) is 132 Å². The number of hydrogen-bond donors (Lipinski definition) is 3. The number of benzene rings is 6. The van der Waals surface area contributed by atoms with Crippen LogP contribution in [0.4, 0.5) is 11.4 Å². The molecule has 3 amide bonds. The van der Waals surface area contributed by atoms with E-state index >= 15 is 0 Å². The molecule has 0 atom stereocenters. The average Bonchev–Trinajstić information content (AvgIpc) is 3.39. The molecule has 0 aliphatic carbocycles. The maximum Gasteiger partial charge on any atom is 0.255 e. The van der Waals surface area contributed by atoms with Crippen molar-refractivity contribution in [2.24, 2.45) is 5.73 Å². The Morgan fingerprint density at radius 3 is 1.55 bits per heavy atom. The molecule has 0 saturated carbocycles. The first-order valence-electron chi connectivity index (χ1n) is 22.5. The van der Waals surface area contributed by atoms with Gasteiger partial charge in [0, 0.05) is 63.0 Å². The predicted molar refractivity (Wildman–Crippen MR) is 286 cm³/mol. The van der Waals surface area contributed by atoms with Crippen LogP contribution in [0.15, 0.2) is 199 Å². The lowest BCUT2D eigenvalue weighted by molar-refractivity contribution is -0.112. The van der Waals surface area contributed by atoms with Gasteiger partial charge in [-0.25, -0.2) is 0 Å². The van der Waals surface area contributed by atoms with Crippen molar-refractivity contribution in [2.45, 2.75) is 13.8 Å². The molecule has 10 rings (SSSR count). The summed E-state index contributed by atoms with van der Waals surface area (Å²) in [4.78, 5) is 70.9. The van der Waals surface area contributed by atoms with Crippen LogP contribution in [-0.2, 0) is 9.59 Å². The normalized spacial score (nSPS) is 11.1. The summed E-state index contributed by atoms with van der Waals surface area (Å²) in [6.07, 6.45) is 10.0. The zero-order valence-corrected chi connectivity index (χ0v) is 38.7. The van der Waals surface area contributed by atoms with Crippen LogP contribution in [-0.4, -0.2) is 36.8 Å². The fourth-order valence-electron chi connectivity index (χ4n) is 8.35. The van der Waals surface area contributed by atoms with E-state index in [1.54, 1.807) is 51.9 Å². The van der Waals surface area contributed by atoms with Crippen molar-refractivity contribution >= 4 is 84.9 Å². The van der Waals surface area contributed by atoms with Crippen molar-refractivity contribution in [1.82, 2.24) is 19.1 Å². The Morgan fingerprint density at radius 2 is 1.03 bits per heavy atom. The maximum absolute atomic E-state index is 13.2. The molecule has 12 heteroatoms. The number of primary amides is 1. The van der Waals surface area contributed by atoms with Gasteiger partial charge in [0.05, 0.1) is 33.4 Å². The molecule has 0 aliphatic rings. The second kappa shape index (κ2) is 19.8. The third-order valence-corrected chi connectivity index (χ3v) is 12.1. The number of pyridine rings is 4. The quantitative estimate of drug-likeness (QED) is 0.0696. The predicted octanol–water partition coefficient (Wildman–Crippen LogP) is 10.9. The van der Waals surface area contributed by atoms with Crippen LogP contribution < -0.4 is 27.5 Å². The van der Waals surface area contributed by atoms with E-state index < -0.39 is 5.91 Å². The maximum atomic E-state index is 13.2. The highest BCUT2D eigenvalue weighted by Crippen LogP contribution is 2.32. The molecule has 4 N–H and O–H groups in total. The van der Waals surface area contributed by atoms with Gasteiger partial charge in [0.15, 0.2) is 0 Å². The fraction of sp³-hybridized carbons (Fsp3) is 0.0339. The summed E-state index contributed by atoms with van der Waals surface area (Å²) in [6.45, 7) is 10.8. The van der Waals surface area contributed by atoms with E-state index in [1.165, 1.54) is 24.3 Å². The van der Waals surface area contributed by atoms with Crippen LogP contribution in [0.1, 0.15) is 32.6 Å². The summed E-state index contributed by atoms with van der Waals surface area (Å²) < 4.78 is 3.30. The van der Waals surface area contributed by atoms with E-state index in [9.17, 15) is 24.0 Å². The zero-order chi connectivity index (χ0) is 49.8. The van der Waals surface area contributed by atoms with Crippen molar-refractivity contribution in [3.8, 4) is 22.5 Å². The van der Waals surface area contributed by atoms with E-state index in [4.69, 9.17) is 5.73 Å². The number of rotatable bonds is 10. The highest BCUT2D eigenvalue weighted by atomic mass is 16.2. The average molecular weight is 932 g/mol. The minimum absolute atomic E-state index is 0.167. The lowest BCUT2D eigenvalue weighted by Gasteiger charge is -2.15. The molecular weight excluding hydrogens is 887 g/mol. The lowest BCUT2D eigenvalue weighted by atomic mass is 10.0. The van der Waals surface area contributed by atoms with Crippen molar-refractivity contribution in [1.29, 1.82) is 0 Å². The zero-order valence-electron chi connectivity index (χ0n) is 38.7. The van der Waals surface area contributed by atoms with E-state index in [1.807, 2.05) is 123 Å². The molecule has 0 saturated heterocycles. The lowest BCUT2D eigenvalue weighted by Crippen LogP contribution is -2.18. The summed E-state index contributed by atoms with van der Waals surface area (Å²) in [5.41, 5.74) is 16.5. The van der Waals surface area contributed by atoms with E-state index in [0.29, 0.717) is 33.8 Å². The monoisotopic (exact) mass is 931 g/mol. The van der Waals surface area contributed by atoms with Crippen molar-refractivity contribution < 1.29 is 14.4 Å². The Morgan fingerprint density at radius 1 is 0.535 bits per heavy atom. The van der Waals surface area contributed by atoms with Gasteiger partial charge in [-0.15, -0.1) is 0 Å². The van der Waals surface area contributed by atoms with Crippen LogP contribution in [0.5, 0.6) is 0 Å². The van der Waals surface area contributed by atoms with Crippen LogP contribution in [0.25, 0.3) is 78.3 Å². The number of aryl methyl sites for hydroxylation is 2. The fourth-order valence-corrected chi connectivity index (χ4v) is 8.35. The first-order valence-corrected chi connectivity index (χ1v) is 22.5. The van der Waals surface area contributed by atoms with Gasteiger partial charge in [-0.2, -0.15) is 0 Å². The molecule has 6 aromatic carbocycles. The van der Waals surface area contributed by atoms with E-state index in [0.717, 1.165) is 71.5 Å². The molecule has 4 aromatic heterocycles. The minimum atomic E-state index is -0.485. The van der Waals surface area contributed by atoms with E-state index in [-0.39, 0.29) is 22.9 Å². The second-order valence-corrected chi connectivity index (χ2v) is 16.7. The Hall–Kier alpha value is -9.81. The molecule has 0 aliphatic heterocycles. The number of carbonyl (C=O) groups is 3. The summed E-state index contributed by atoms with van der Waals surface area (Å²) in [5, 5.41) is 8.92. The highest BCUT2D eigenvalue weighted by molar-refractivity contribution is 6.07. The third-order valence-electron chi connectivity index (χ3n) is 12.1. The molecule has 0 radical (unpaired) electrons. The molecule has 346 valence electrons. The standard InChI is InChI=1S/C30H23N3O2.C29H22N4O3/c1-3-28(34)32-27-18-24(14-9-20(27)2)33-29(35)16-13-23-19-31-26-15-12-22(17-25(26)30(23)33)11-10-21-7-5-4-6-8-21;1-3-26(34)32-25-15-22(11-4-17(25)2)33-27(35)13-10-21-16-31-24-12-9-20(14-23(24)28(21)33)18-5-7-19(8-6-18)29(30)36/h3-19H,1H2,2H3,(H,32,34);3-16H,1H2,2H3,(H2,30,36)(H,32,34)/b11-10+;. The van der Waals surface area contributed by atoms with Gasteiger partial charge in [-0.1, -0.05) is 92.0 Å². The Bertz CT molecular complexity index is 3950. The van der Waals surface area contributed by atoms with E-state index in [2.05, 4.69) is 45.9 Å². The van der Waals surface area contributed by atoms with Crippen LogP contribution in [0.2, 0.25) is 0 Å². The Balaban J connectivity index is 0.000000176. The smallest absolute Gasteiger partial charge is 0.255 e. The molecule has 10 aromatic rings. The molecular formula is C59H45N7O5. The van der Waals surface area contributed by atoms with Crippen molar-refractivity contribution in [3.05, 3.63) is 238 Å². The third kappa shape index (κ3) is 9.67. The van der Waals surface area contributed by atoms with Crippen LogP contribution in [0, 0.1) is 13.8 Å². The number of hydrogen-bond acceptors (Lipinski definition) is 7. The van der Waals surface area contributed by atoms with Crippen molar-refractivity contribution in [3.63, 3.8) is 0 Å². The van der Waals surface area contributed by atoms with Crippen LogP contribution >= 0.6 is 0 Å². The minimum Gasteiger partial charge on any atom is -0.366 e. The topological polar surface area (TPSA) is 171 Å². The molecule has 0 fully saturated rings. The van der Waals surface area contributed by atoms with Gasteiger partial charge in [0.1, 0.15) is 0 Å². The first-order chi connectivity index (χ1) is 34.4. The molecule has 0 bridgehead atoms. The second-order valence-electron chi connectivity index (χ2n) is 16.7. The van der Waals surface area contributed by atoms with Gasteiger partial charge in [-0.3, -0.25) is 43.1 Å². The van der Waals surface area contributed by atoms with Crippen LogP contribution in [0.3, 0.4) is 0 Å². The largest absolute Gasteiger partial charge is 0.366 e. The molecule has 0 unspecified atom stereocenters. The number of nitrogens with zero attached hydrogens (tertiary/aromatic N) is 4. The molecule has 71 heavy (non-hydrogen) atoms. The van der Waals surface area contributed by atoms with Gasteiger partial charge in [0.25, 0.3) is 11.1 Å². The first kappa shape index (κ1) is 46.3. The Labute approximate surface area is 407 Å². The number of anilines is 2. The molecule has 12 nitrogen and oxygen atoms in total. The Kier molecular flexibility index (Phi) is 12.9. The number of amides is 3. The van der Waals surface area contributed by atoms with Gasteiger partial charge in [0.2, 0.25) is 17.7 Å². The molecule has 0 spiro atoms. The number of aromatic nitrogens is 4. The SMILES string of the molecule is C=CC(=O)Nc1cc(-n2c(=O)ccc3cnc4ccc(-c5ccc(C(N)=O)cc5)cc4c32)ccc1C.C=CC(=O)Nc1cc(-n2c(=O)ccc3cnc4ccc(/C=C/c5ccccc5)cc4c32)ccc1C. The summed E-state index contributed by atoms with van der Waals surface area (Å²) in [6, 6.07) is 46.6. The van der Waals surface area contributed by atoms with Crippen molar-refractivity contribution in [2.75, 3.05) is 10.6 Å². The summed E-state index contributed by atoms with van der Waals surface area (Å²) in [7, 11) is 0. The van der Waals surface area contributed by atoms with Gasteiger partial charge < -0.3 is 16.4 Å². The summed E-state index contributed by atoms with van der Waals surface area (Å²) in [5.74, 6) is -1.12. The molecule has 4 heterocycles. The highest BCUT2D eigenvalue weighted by Gasteiger charge is 2.16. The summed E-state index contributed by atoms with van der Waals surface area (Å²) >= 11 is 0. The number of nitrogens with one attached hydrogen (secondary N) is 2.